The number of nitrogens with zero attached hydrogens (tertiary/aromatic N) is 1. The average molecular weight is 218 g/mol. The van der Waals surface area contributed by atoms with Gasteiger partial charge in [-0.05, 0) is 36.1 Å². The van der Waals surface area contributed by atoms with Crippen molar-refractivity contribution in [3.05, 3.63) is 35.1 Å². The monoisotopic (exact) mass is 218 g/mol. The van der Waals surface area contributed by atoms with Gasteiger partial charge in [0.25, 0.3) is 0 Å². The molecule has 3 heteroatoms. The van der Waals surface area contributed by atoms with Gasteiger partial charge in [-0.2, -0.15) is 0 Å². The number of rotatable bonds is 1. The second-order valence-electron chi connectivity index (χ2n) is 4.41. The first kappa shape index (κ1) is 10.9. The highest BCUT2D eigenvalue weighted by Gasteiger charge is 2.09. The van der Waals surface area contributed by atoms with Crippen LogP contribution in [-0.2, 0) is 0 Å². The molecule has 0 aliphatic heterocycles. The molecule has 2 nitrogen and oxygen atoms in total. The summed E-state index contributed by atoms with van der Waals surface area (Å²) in [5, 5.41) is 0.972. The number of nitrogens with two attached hydrogens (primary N) is 1. The molecule has 2 N–H and O–H groups in total. The van der Waals surface area contributed by atoms with E-state index in [9.17, 15) is 4.39 Å². The number of fused-ring (bicyclic) bond motifs is 1. The van der Waals surface area contributed by atoms with Crippen molar-refractivity contribution in [2.24, 2.45) is 0 Å². The first-order chi connectivity index (χ1) is 7.49. The molecule has 0 bridgehead atoms. The maximum Gasteiger partial charge on any atom is 0.127 e. The molecule has 2 rings (SSSR count). The van der Waals surface area contributed by atoms with Gasteiger partial charge in [0.1, 0.15) is 11.6 Å². The van der Waals surface area contributed by atoms with Gasteiger partial charge in [-0.1, -0.05) is 13.8 Å². The Morgan fingerprint density at radius 3 is 2.56 bits per heavy atom. The van der Waals surface area contributed by atoms with E-state index >= 15 is 0 Å². The quantitative estimate of drug-likeness (QED) is 0.796. The van der Waals surface area contributed by atoms with Crippen LogP contribution in [0, 0.1) is 12.7 Å². The molecule has 0 atom stereocenters. The van der Waals surface area contributed by atoms with Crippen LogP contribution >= 0.6 is 0 Å². The molecule has 0 amide bonds. The van der Waals surface area contributed by atoms with Crippen LogP contribution in [0.4, 0.5) is 10.2 Å². The molecule has 0 unspecified atom stereocenters. The van der Waals surface area contributed by atoms with E-state index in [2.05, 4.69) is 18.8 Å². The molecule has 0 aliphatic rings. The third-order valence-corrected chi connectivity index (χ3v) is 2.79. The minimum atomic E-state index is -0.269. The molecule has 0 saturated carbocycles. The van der Waals surface area contributed by atoms with Crippen LogP contribution in [-0.4, -0.2) is 4.98 Å². The van der Waals surface area contributed by atoms with Gasteiger partial charge in [0.2, 0.25) is 0 Å². The van der Waals surface area contributed by atoms with Crippen molar-refractivity contribution in [2.75, 3.05) is 5.73 Å². The van der Waals surface area contributed by atoms with Gasteiger partial charge >= 0.3 is 0 Å². The number of anilines is 1. The highest BCUT2D eigenvalue weighted by Crippen LogP contribution is 2.27. The Labute approximate surface area is 94.3 Å². The third kappa shape index (κ3) is 1.73. The Morgan fingerprint density at radius 1 is 1.25 bits per heavy atom. The number of aromatic nitrogens is 1. The normalized spacial score (nSPS) is 11.3. The van der Waals surface area contributed by atoms with E-state index in [4.69, 9.17) is 5.73 Å². The predicted molar refractivity (Wildman–Crippen MR) is 64.9 cm³/mol. The molecule has 0 fully saturated rings. The Kier molecular flexibility index (Phi) is 2.54. The lowest BCUT2D eigenvalue weighted by Gasteiger charge is -2.11. The number of nitrogen functional groups attached to an aromatic ring is 1. The maximum atomic E-state index is 13.2. The van der Waals surface area contributed by atoms with Crippen molar-refractivity contribution in [3.8, 4) is 0 Å². The highest BCUT2D eigenvalue weighted by atomic mass is 19.1. The average Bonchev–Trinajstić information content (AvgIpc) is 2.15. The van der Waals surface area contributed by atoms with Crippen molar-refractivity contribution in [2.45, 2.75) is 26.7 Å². The predicted octanol–water partition coefficient (Wildman–Crippen LogP) is 3.39. The van der Waals surface area contributed by atoms with Crippen LogP contribution in [0.1, 0.15) is 30.9 Å². The van der Waals surface area contributed by atoms with Gasteiger partial charge in [-0.3, -0.25) is 0 Å². The number of benzene rings is 1. The second kappa shape index (κ2) is 3.74. The summed E-state index contributed by atoms with van der Waals surface area (Å²) in [6, 6.07) is 4.95. The Hall–Kier alpha value is -1.64. The molecule has 0 saturated heterocycles. The van der Waals surface area contributed by atoms with Gasteiger partial charge in [0.15, 0.2) is 0 Å². The minimum Gasteiger partial charge on any atom is -0.383 e. The number of halogens is 1. The summed E-state index contributed by atoms with van der Waals surface area (Å²) in [5.41, 5.74) is 8.39. The summed E-state index contributed by atoms with van der Waals surface area (Å²) >= 11 is 0. The fourth-order valence-electron chi connectivity index (χ4n) is 1.90. The Balaban J connectivity index is 2.79. The number of hydrogen-bond donors (Lipinski definition) is 1. The molecular weight excluding hydrogens is 203 g/mol. The molecule has 0 spiro atoms. The summed E-state index contributed by atoms with van der Waals surface area (Å²) in [6.07, 6.45) is 0. The standard InChI is InChI=1S/C13H15FN2/c1-7(2)10-6-11-8(3)4-9(14)5-12(11)16-13(10)15/h4-7H,1-3H3,(H2,15,16). The number of aryl methyl sites for hydroxylation is 1. The van der Waals surface area contributed by atoms with E-state index in [1.165, 1.54) is 12.1 Å². The van der Waals surface area contributed by atoms with Crippen molar-refractivity contribution in [3.63, 3.8) is 0 Å². The van der Waals surface area contributed by atoms with Crippen LogP contribution < -0.4 is 5.73 Å². The molecule has 1 aromatic carbocycles. The first-order valence-electron chi connectivity index (χ1n) is 5.35. The topological polar surface area (TPSA) is 38.9 Å². The fraction of sp³-hybridized carbons (Fsp3) is 0.308. The SMILES string of the molecule is Cc1cc(F)cc2nc(N)c(C(C)C)cc12. The zero-order valence-electron chi connectivity index (χ0n) is 9.71. The molecule has 1 aromatic heterocycles. The molecule has 2 aromatic rings. The maximum absolute atomic E-state index is 13.2. The third-order valence-electron chi connectivity index (χ3n) is 2.79. The lowest BCUT2D eigenvalue weighted by Crippen LogP contribution is -2.00. The highest BCUT2D eigenvalue weighted by molar-refractivity contribution is 5.84. The van der Waals surface area contributed by atoms with E-state index in [1.807, 2.05) is 13.0 Å². The summed E-state index contributed by atoms with van der Waals surface area (Å²) in [7, 11) is 0. The molecular formula is C13H15FN2. The van der Waals surface area contributed by atoms with Gasteiger partial charge in [-0.15, -0.1) is 0 Å². The van der Waals surface area contributed by atoms with Gasteiger partial charge in [-0.25, -0.2) is 9.37 Å². The van der Waals surface area contributed by atoms with Crippen LogP contribution in [0.25, 0.3) is 10.9 Å². The van der Waals surface area contributed by atoms with E-state index < -0.39 is 0 Å². The molecule has 84 valence electrons. The largest absolute Gasteiger partial charge is 0.383 e. The zero-order chi connectivity index (χ0) is 11.9. The lowest BCUT2D eigenvalue weighted by atomic mass is 10.00. The molecule has 16 heavy (non-hydrogen) atoms. The number of pyridine rings is 1. The van der Waals surface area contributed by atoms with Crippen molar-refractivity contribution >= 4 is 16.7 Å². The lowest BCUT2D eigenvalue weighted by molar-refractivity contribution is 0.628. The first-order valence-corrected chi connectivity index (χ1v) is 5.35. The van der Waals surface area contributed by atoms with Crippen molar-refractivity contribution in [1.82, 2.24) is 4.98 Å². The molecule has 0 aliphatic carbocycles. The van der Waals surface area contributed by atoms with Crippen LogP contribution in [0.3, 0.4) is 0 Å². The van der Waals surface area contributed by atoms with Gasteiger partial charge < -0.3 is 5.73 Å². The Bertz CT molecular complexity index is 547. The van der Waals surface area contributed by atoms with Crippen LogP contribution in [0.15, 0.2) is 18.2 Å². The smallest absolute Gasteiger partial charge is 0.127 e. The summed E-state index contributed by atoms with van der Waals surface area (Å²) in [4.78, 5) is 4.26. The summed E-state index contributed by atoms with van der Waals surface area (Å²) in [6.45, 7) is 6.02. The molecule has 0 radical (unpaired) electrons. The minimum absolute atomic E-state index is 0.269. The Morgan fingerprint density at radius 2 is 1.94 bits per heavy atom. The summed E-state index contributed by atoms with van der Waals surface area (Å²) in [5.74, 6) is 0.544. The molecule has 1 heterocycles. The van der Waals surface area contributed by atoms with Gasteiger partial charge in [0.05, 0.1) is 5.52 Å². The zero-order valence-corrected chi connectivity index (χ0v) is 9.71. The van der Waals surface area contributed by atoms with Crippen LogP contribution in [0.5, 0.6) is 0 Å². The van der Waals surface area contributed by atoms with Crippen molar-refractivity contribution in [1.29, 1.82) is 0 Å². The number of hydrogen-bond acceptors (Lipinski definition) is 2. The van der Waals surface area contributed by atoms with E-state index in [1.54, 1.807) is 0 Å². The van der Waals surface area contributed by atoms with Crippen LogP contribution in [0.2, 0.25) is 0 Å². The van der Waals surface area contributed by atoms with E-state index in [0.29, 0.717) is 17.3 Å². The second-order valence-corrected chi connectivity index (χ2v) is 4.41. The van der Waals surface area contributed by atoms with E-state index in [0.717, 1.165) is 16.5 Å². The van der Waals surface area contributed by atoms with Gasteiger partial charge in [0, 0.05) is 11.5 Å². The van der Waals surface area contributed by atoms with Crippen molar-refractivity contribution < 1.29 is 4.39 Å². The fourth-order valence-corrected chi connectivity index (χ4v) is 1.90. The van der Waals surface area contributed by atoms with E-state index in [-0.39, 0.29) is 5.82 Å². The summed E-state index contributed by atoms with van der Waals surface area (Å²) < 4.78 is 13.2.